The molecular formula is C17H32N4. The van der Waals surface area contributed by atoms with Crippen LogP contribution >= 0.6 is 0 Å². The minimum atomic E-state index is 0.606. The van der Waals surface area contributed by atoms with Crippen molar-refractivity contribution in [2.24, 2.45) is 11.8 Å². The number of nitrogens with zero attached hydrogens (tertiary/aromatic N) is 3. The highest BCUT2D eigenvalue weighted by Gasteiger charge is 2.29. The van der Waals surface area contributed by atoms with Crippen molar-refractivity contribution in [3.63, 3.8) is 0 Å². The maximum absolute atomic E-state index is 4.41. The first-order valence-electron chi connectivity index (χ1n) is 8.48. The molecule has 0 radical (unpaired) electrons. The summed E-state index contributed by atoms with van der Waals surface area (Å²) in [6, 6.07) is 1.25. The largest absolute Gasteiger partial charge is 0.311 e. The predicted octanol–water partition coefficient (Wildman–Crippen LogP) is 2.75. The number of hydrogen-bond acceptors (Lipinski definition) is 3. The molecule has 1 aliphatic heterocycles. The highest BCUT2D eigenvalue weighted by Crippen LogP contribution is 2.20. The molecule has 1 aliphatic rings. The predicted molar refractivity (Wildman–Crippen MR) is 88.2 cm³/mol. The molecule has 0 saturated carbocycles. The molecule has 0 amide bonds. The Labute approximate surface area is 129 Å². The zero-order chi connectivity index (χ0) is 15.4. The van der Waals surface area contributed by atoms with Crippen LogP contribution in [0.4, 0.5) is 0 Å². The summed E-state index contributed by atoms with van der Waals surface area (Å²) >= 11 is 0. The first-order chi connectivity index (χ1) is 9.99. The zero-order valence-electron chi connectivity index (χ0n) is 14.3. The molecule has 21 heavy (non-hydrogen) atoms. The van der Waals surface area contributed by atoms with E-state index in [1.807, 2.05) is 10.9 Å². The highest BCUT2D eigenvalue weighted by atomic mass is 15.3. The van der Waals surface area contributed by atoms with E-state index in [9.17, 15) is 0 Å². The van der Waals surface area contributed by atoms with Crippen molar-refractivity contribution in [1.82, 2.24) is 20.0 Å². The third kappa shape index (κ3) is 4.55. The van der Waals surface area contributed by atoms with Crippen LogP contribution in [0.5, 0.6) is 0 Å². The zero-order valence-corrected chi connectivity index (χ0v) is 14.3. The average molecular weight is 292 g/mol. The Morgan fingerprint density at radius 1 is 1.33 bits per heavy atom. The SMILES string of the molecule is CCn1cc(CN2CC(C(C)C)NCC2CC(C)C)cn1. The Hall–Kier alpha value is -0.870. The van der Waals surface area contributed by atoms with Gasteiger partial charge < -0.3 is 5.32 Å². The summed E-state index contributed by atoms with van der Waals surface area (Å²) in [7, 11) is 0. The van der Waals surface area contributed by atoms with Crippen LogP contribution in [-0.4, -0.2) is 39.9 Å². The number of nitrogens with one attached hydrogen (secondary N) is 1. The summed E-state index contributed by atoms with van der Waals surface area (Å²) in [6.45, 7) is 15.6. The standard InChI is InChI=1S/C17H32N4/c1-6-21-11-15(8-19-21)10-20-12-17(14(4)5)18-9-16(20)7-13(2)3/h8,11,13-14,16-18H,6-7,9-10,12H2,1-5H3. The van der Waals surface area contributed by atoms with Gasteiger partial charge in [0.25, 0.3) is 0 Å². The Morgan fingerprint density at radius 2 is 2.10 bits per heavy atom. The first-order valence-corrected chi connectivity index (χ1v) is 8.48. The van der Waals surface area contributed by atoms with Gasteiger partial charge in [0.1, 0.15) is 0 Å². The van der Waals surface area contributed by atoms with Crippen LogP contribution in [0.2, 0.25) is 0 Å². The Bertz CT molecular complexity index is 424. The number of aromatic nitrogens is 2. The topological polar surface area (TPSA) is 33.1 Å². The van der Waals surface area contributed by atoms with Gasteiger partial charge in [-0.2, -0.15) is 5.10 Å². The molecule has 2 atom stereocenters. The van der Waals surface area contributed by atoms with Crippen LogP contribution in [0.1, 0.15) is 46.6 Å². The second kappa shape index (κ2) is 7.41. The lowest BCUT2D eigenvalue weighted by Crippen LogP contribution is -2.57. The Balaban J connectivity index is 2.04. The smallest absolute Gasteiger partial charge is 0.0534 e. The van der Waals surface area contributed by atoms with E-state index in [-0.39, 0.29) is 0 Å². The van der Waals surface area contributed by atoms with Gasteiger partial charge in [0.2, 0.25) is 0 Å². The van der Waals surface area contributed by atoms with Crippen LogP contribution in [0.25, 0.3) is 0 Å². The molecule has 2 unspecified atom stereocenters. The van der Waals surface area contributed by atoms with Gasteiger partial charge in [-0.25, -0.2) is 0 Å². The van der Waals surface area contributed by atoms with Crippen molar-refractivity contribution in [3.05, 3.63) is 18.0 Å². The minimum absolute atomic E-state index is 0.606. The van der Waals surface area contributed by atoms with Gasteiger partial charge in [-0.15, -0.1) is 0 Å². The van der Waals surface area contributed by atoms with Gasteiger partial charge >= 0.3 is 0 Å². The van der Waals surface area contributed by atoms with E-state index >= 15 is 0 Å². The number of piperazine rings is 1. The van der Waals surface area contributed by atoms with E-state index in [1.54, 1.807) is 0 Å². The molecule has 2 rings (SSSR count). The minimum Gasteiger partial charge on any atom is -0.311 e. The van der Waals surface area contributed by atoms with E-state index in [0.717, 1.165) is 32.1 Å². The van der Waals surface area contributed by atoms with Gasteiger partial charge in [0.15, 0.2) is 0 Å². The molecule has 0 aliphatic carbocycles. The lowest BCUT2D eigenvalue weighted by Gasteiger charge is -2.42. The lowest BCUT2D eigenvalue weighted by atomic mass is 9.95. The maximum atomic E-state index is 4.41. The molecule has 2 heterocycles. The molecule has 1 aromatic rings. The van der Waals surface area contributed by atoms with Crippen LogP contribution in [0.15, 0.2) is 12.4 Å². The van der Waals surface area contributed by atoms with E-state index in [4.69, 9.17) is 0 Å². The second-order valence-corrected chi connectivity index (χ2v) is 7.18. The normalized spacial score (nSPS) is 24.1. The van der Waals surface area contributed by atoms with Crippen LogP contribution < -0.4 is 5.32 Å². The van der Waals surface area contributed by atoms with Crippen molar-refractivity contribution in [2.45, 2.75) is 66.2 Å². The maximum Gasteiger partial charge on any atom is 0.0534 e. The lowest BCUT2D eigenvalue weighted by molar-refractivity contribution is 0.0924. The molecule has 4 heteroatoms. The van der Waals surface area contributed by atoms with Crippen molar-refractivity contribution >= 4 is 0 Å². The number of hydrogen-bond donors (Lipinski definition) is 1. The second-order valence-electron chi connectivity index (χ2n) is 7.18. The molecule has 120 valence electrons. The van der Waals surface area contributed by atoms with Crippen LogP contribution in [0, 0.1) is 11.8 Å². The van der Waals surface area contributed by atoms with Gasteiger partial charge in [0, 0.05) is 50.0 Å². The fraction of sp³-hybridized carbons (Fsp3) is 0.824. The van der Waals surface area contributed by atoms with Crippen molar-refractivity contribution in [2.75, 3.05) is 13.1 Å². The summed E-state index contributed by atoms with van der Waals surface area (Å²) < 4.78 is 2.02. The quantitative estimate of drug-likeness (QED) is 0.875. The molecule has 1 fully saturated rings. The monoisotopic (exact) mass is 292 g/mol. The van der Waals surface area contributed by atoms with Gasteiger partial charge in [-0.3, -0.25) is 9.58 Å². The molecular weight excluding hydrogens is 260 g/mol. The molecule has 4 nitrogen and oxygen atoms in total. The summed E-state index contributed by atoms with van der Waals surface area (Å²) in [5.41, 5.74) is 1.34. The number of rotatable bonds is 6. The van der Waals surface area contributed by atoms with Crippen molar-refractivity contribution in [1.29, 1.82) is 0 Å². The van der Waals surface area contributed by atoms with E-state index in [0.29, 0.717) is 18.0 Å². The van der Waals surface area contributed by atoms with Gasteiger partial charge in [-0.1, -0.05) is 27.7 Å². The summed E-state index contributed by atoms with van der Waals surface area (Å²) in [6.07, 6.45) is 5.49. The van der Waals surface area contributed by atoms with Crippen molar-refractivity contribution in [3.8, 4) is 0 Å². The average Bonchev–Trinajstić information content (AvgIpc) is 2.87. The molecule has 0 aromatic carbocycles. The summed E-state index contributed by atoms with van der Waals surface area (Å²) in [5.74, 6) is 1.43. The third-order valence-corrected chi connectivity index (χ3v) is 4.51. The third-order valence-electron chi connectivity index (χ3n) is 4.51. The van der Waals surface area contributed by atoms with Crippen LogP contribution in [0.3, 0.4) is 0 Å². The Kier molecular flexibility index (Phi) is 5.82. The first kappa shape index (κ1) is 16.5. The molecule has 1 N–H and O–H groups in total. The molecule has 0 spiro atoms. The van der Waals surface area contributed by atoms with E-state index in [2.05, 4.69) is 56.1 Å². The molecule has 1 aromatic heterocycles. The van der Waals surface area contributed by atoms with Crippen molar-refractivity contribution < 1.29 is 0 Å². The fourth-order valence-corrected chi connectivity index (χ4v) is 3.19. The van der Waals surface area contributed by atoms with Gasteiger partial charge in [-0.05, 0) is 25.2 Å². The molecule has 0 bridgehead atoms. The molecule has 1 saturated heterocycles. The van der Waals surface area contributed by atoms with Crippen LogP contribution in [-0.2, 0) is 13.1 Å². The van der Waals surface area contributed by atoms with Gasteiger partial charge in [0.05, 0.1) is 6.20 Å². The summed E-state index contributed by atoms with van der Waals surface area (Å²) in [5, 5.41) is 8.16. The fourth-order valence-electron chi connectivity index (χ4n) is 3.19. The Morgan fingerprint density at radius 3 is 2.67 bits per heavy atom. The summed E-state index contributed by atoms with van der Waals surface area (Å²) in [4.78, 5) is 2.66. The highest BCUT2D eigenvalue weighted by molar-refractivity contribution is 5.05. The number of aryl methyl sites for hydroxylation is 1. The van der Waals surface area contributed by atoms with E-state index in [1.165, 1.54) is 12.0 Å². The van der Waals surface area contributed by atoms with E-state index < -0.39 is 0 Å².